The van der Waals surface area contributed by atoms with Crippen LogP contribution in [0.5, 0.6) is 5.75 Å². The Bertz CT molecular complexity index is 1010. The summed E-state index contributed by atoms with van der Waals surface area (Å²) in [5.74, 6) is 0.745. The standard InChI is InChI=1S/C21H24N4O3/c1-14-12-25-13-15(21(27)24(2)8-9-26)11-18(20(25)22-14)23-17-7-10-28-19-6-4-3-5-16(17)19/h3-6,11-13,17,23,26H,7-10H2,1-2H3/t17-/m1/s1. The van der Waals surface area contributed by atoms with Crippen molar-refractivity contribution < 1.29 is 14.6 Å². The van der Waals surface area contributed by atoms with E-state index >= 15 is 0 Å². The lowest BCUT2D eigenvalue weighted by atomic mass is 10.0. The van der Waals surface area contributed by atoms with E-state index in [0.29, 0.717) is 12.2 Å². The molecule has 7 heteroatoms. The summed E-state index contributed by atoms with van der Waals surface area (Å²) in [5, 5.41) is 12.7. The van der Waals surface area contributed by atoms with Crippen LogP contribution in [0.1, 0.15) is 34.1 Å². The molecule has 0 spiro atoms. The number of rotatable bonds is 5. The van der Waals surface area contributed by atoms with Crippen LogP contribution < -0.4 is 10.1 Å². The second kappa shape index (κ2) is 7.52. The minimum absolute atomic E-state index is 0.0708. The molecule has 0 saturated carbocycles. The van der Waals surface area contributed by atoms with E-state index in [1.165, 1.54) is 4.90 Å². The predicted molar refractivity (Wildman–Crippen MR) is 107 cm³/mol. The first-order chi connectivity index (χ1) is 13.6. The van der Waals surface area contributed by atoms with Crippen molar-refractivity contribution in [2.45, 2.75) is 19.4 Å². The number of hydrogen-bond donors (Lipinski definition) is 2. The fraction of sp³-hybridized carbons (Fsp3) is 0.333. The molecule has 0 bridgehead atoms. The van der Waals surface area contributed by atoms with Crippen LogP contribution in [0.25, 0.3) is 5.65 Å². The number of ether oxygens (including phenoxy) is 1. The molecule has 1 amide bonds. The molecule has 1 aliphatic rings. The van der Waals surface area contributed by atoms with Gasteiger partial charge in [-0.3, -0.25) is 4.79 Å². The van der Waals surface area contributed by atoms with Gasteiger partial charge in [0, 0.05) is 38.0 Å². The number of aromatic nitrogens is 2. The van der Waals surface area contributed by atoms with Crippen molar-refractivity contribution in [1.29, 1.82) is 0 Å². The molecule has 28 heavy (non-hydrogen) atoms. The van der Waals surface area contributed by atoms with E-state index in [2.05, 4.69) is 16.4 Å². The third-order valence-corrected chi connectivity index (χ3v) is 4.99. The fourth-order valence-corrected chi connectivity index (χ4v) is 3.60. The number of hydrogen-bond acceptors (Lipinski definition) is 5. The zero-order chi connectivity index (χ0) is 19.7. The number of fused-ring (bicyclic) bond motifs is 2. The van der Waals surface area contributed by atoms with Gasteiger partial charge in [-0.05, 0) is 19.1 Å². The molecule has 0 unspecified atom stereocenters. The largest absolute Gasteiger partial charge is 0.493 e. The van der Waals surface area contributed by atoms with Gasteiger partial charge in [0.15, 0.2) is 5.65 Å². The normalized spacial score (nSPS) is 15.8. The first kappa shape index (κ1) is 18.3. The van der Waals surface area contributed by atoms with Gasteiger partial charge in [0.25, 0.3) is 5.91 Å². The SMILES string of the molecule is Cc1cn2cc(C(=O)N(C)CCO)cc(N[C@@H]3CCOc4ccccc43)c2n1. The number of nitrogens with zero attached hydrogens (tertiary/aromatic N) is 3. The molecule has 0 aliphatic carbocycles. The maximum Gasteiger partial charge on any atom is 0.255 e. The molecule has 146 valence electrons. The highest BCUT2D eigenvalue weighted by molar-refractivity contribution is 5.96. The maximum absolute atomic E-state index is 12.8. The molecule has 3 aromatic rings. The summed E-state index contributed by atoms with van der Waals surface area (Å²) in [4.78, 5) is 18.9. The second-order valence-corrected chi connectivity index (χ2v) is 7.08. The Morgan fingerprint density at radius 1 is 1.39 bits per heavy atom. The summed E-state index contributed by atoms with van der Waals surface area (Å²) in [6.07, 6.45) is 4.52. The molecular formula is C21H24N4O3. The summed E-state index contributed by atoms with van der Waals surface area (Å²) in [6, 6.07) is 9.92. The van der Waals surface area contributed by atoms with Crippen molar-refractivity contribution in [2.75, 3.05) is 32.1 Å². The minimum atomic E-state index is -0.141. The van der Waals surface area contributed by atoms with Gasteiger partial charge in [0.05, 0.1) is 36.2 Å². The van der Waals surface area contributed by atoms with Crippen LogP contribution in [0.2, 0.25) is 0 Å². The summed E-state index contributed by atoms with van der Waals surface area (Å²) >= 11 is 0. The average Bonchev–Trinajstić information content (AvgIpc) is 3.08. The molecule has 1 atom stereocenters. The zero-order valence-electron chi connectivity index (χ0n) is 16.1. The molecule has 4 rings (SSSR count). The van der Waals surface area contributed by atoms with E-state index in [4.69, 9.17) is 9.84 Å². The van der Waals surface area contributed by atoms with Crippen LogP contribution in [0, 0.1) is 6.92 Å². The van der Waals surface area contributed by atoms with Gasteiger partial charge in [-0.15, -0.1) is 0 Å². The van der Waals surface area contributed by atoms with Crippen LogP contribution in [-0.4, -0.2) is 52.1 Å². The van der Waals surface area contributed by atoms with E-state index in [9.17, 15) is 4.79 Å². The Morgan fingerprint density at radius 2 is 2.21 bits per heavy atom. The Balaban J connectivity index is 1.73. The Hall–Kier alpha value is -3.06. The Labute approximate surface area is 163 Å². The Morgan fingerprint density at radius 3 is 3.04 bits per heavy atom. The number of pyridine rings is 1. The van der Waals surface area contributed by atoms with E-state index in [-0.39, 0.29) is 25.1 Å². The van der Waals surface area contributed by atoms with Gasteiger partial charge in [-0.2, -0.15) is 0 Å². The highest BCUT2D eigenvalue weighted by Gasteiger charge is 2.23. The van der Waals surface area contributed by atoms with Crippen LogP contribution in [-0.2, 0) is 0 Å². The molecule has 2 N–H and O–H groups in total. The van der Waals surface area contributed by atoms with Gasteiger partial charge >= 0.3 is 0 Å². The Kier molecular flexibility index (Phi) is 4.92. The lowest BCUT2D eigenvalue weighted by Crippen LogP contribution is -2.29. The lowest BCUT2D eigenvalue weighted by Gasteiger charge is -2.27. The number of benzene rings is 1. The van der Waals surface area contributed by atoms with Gasteiger partial charge < -0.3 is 24.5 Å². The number of imidazole rings is 1. The van der Waals surface area contributed by atoms with E-state index in [1.807, 2.05) is 41.8 Å². The van der Waals surface area contributed by atoms with E-state index in [0.717, 1.165) is 34.8 Å². The van der Waals surface area contributed by atoms with Crippen molar-refractivity contribution in [3.8, 4) is 5.75 Å². The first-order valence-corrected chi connectivity index (χ1v) is 9.41. The lowest BCUT2D eigenvalue weighted by molar-refractivity contribution is 0.0766. The van der Waals surface area contributed by atoms with Crippen LogP contribution in [0.3, 0.4) is 0 Å². The number of likely N-dealkylation sites (N-methyl/N-ethyl adjacent to an activating group) is 1. The number of amides is 1. The summed E-state index contributed by atoms with van der Waals surface area (Å²) < 4.78 is 7.64. The second-order valence-electron chi connectivity index (χ2n) is 7.08. The number of nitrogens with one attached hydrogen (secondary N) is 1. The third-order valence-electron chi connectivity index (χ3n) is 4.99. The number of carbonyl (C=O) groups is 1. The quantitative estimate of drug-likeness (QED) is 0.711. The number of aliphatic hydroxyl groups excluding tert-OH is 1. The third kappa shape index (κ3) is 3.41. The molecule has 1 aromatic carbocycles. The number of carbonyl (C=O) groups excluding carboxylic acids is 1. The maximum atomic E-state index is 12.8. The molecule has 0 fully saturated rings. The number of para-hydroxylation sites is 1. The van der Waals surface area contributed by atoms with Gasteiger partial charge in [0.1, 0.15) is 5.75 Å². The summed E-state index contributed by atoms with van der Waals surface area (Å²) in [7, 11) is 1.68. The van der Waals surface area contributed by atoms with Crippen LogP contribution in [0.15, 0.2) is 42.7 Å². The average molecular weight is 380 g/mol. The van der Waals surface area contributed by atoms with Crippen molar-refractivity contribution in [3.05, 3.63) is 59.5 Å². The summed E-state index contributed by atoms with van der Waals surface area (Å²) in [5.41, 5.74) is 4.11. The molecule has 0 saturated heterocycles. The van der Waals surface area contributed by atoms with Crippen molar-refractivity contribution in [1.82, 2.24) is 14.3 Å². The van der Waals surface area contributed by atoms with Crippen LogP contribution in [0.4, 0.5) is 5.69 Å². The van der Waals surface area contributed by atoms with E-state index < -0.39 is 0 Å². The number of anilines is 1. The molecule has 2 aromatic heterocycles. The highest BCUT2D eigenvalue weighted by atomic mass is 16.5. The first-order valence-electron chi connectivity index (χ1n) is 9.41. The predicted octanol–water partition coefficient (Wildman–Crippen LogP) is 2.64. The zero-order valence-corrected chi connectivity index (χ0v) is 16.1. The van der Waals surface area contributed by atoms with Crippen molar-refractivity contribution in [3.63, 3.8) is 0 Å². The van der Waals surface area contributed by atoms with Crippen molar-refractivity contribution in [2.24, 2.45) is 0 Å². The van der Waals surface area contributed by atoms with E-state index in [1.54, 1.807) is 13.2 Å². The number of aryl methyl sites for hydroxylation is 1. The number of aliphatic hydroxyl groups is 1. The molecule has 0 radical (unpaired) electrons. The molecule has 1 aliphatic heterocycles. The molecule has 7 nitrogen and oxygen atoms in total. The smallest absolute Gasteiger partial charge is 0.255 e. The monoisotopic (exact) mass is 380 g/mol. The van der Waals surface area contributed by atoms with Crippen molar-refractivity contribution >= 4 is 17.2 Å². The van der Waals surface area contributed by atoms with Crippen LogP contribution >= 0.6 is 0 Å². The van der Waals surface area contributed by atoms with Gasteiger partial charge in [-0.1, -0.05) is 18.2 Å². The minimum Gasteiger partial charge on any atom is -0.493 e. The topological polar surface area (TPSA) is 79.1 Å². The van der Waals surface area contributed by atoms with Gasteiger partial charge in [0.2, 0.25) is 0 Å². The van der Waals surface area contributed by atoms with Gasteiger partial charge in [-0.25, -0.2) is 4.98 Å². The fourth-order valence-electron chi connectivity index (χ4n) is 3.60. The molecule has 3 heterocycles. The molecular weight excluding hydrogens is 356 g/mol. The highest BCUT2D eigenvalue weighted by Crippen LogP contribution is 2.35. The summed E-state index contributed by atoms with van der Waals surface area (Å²) in [6.45, 7) is 2.78.